The predicted molar refractivity (Wildman–Crippen MR) is 128 cm³/mol. The SMILES string of the molecule is CCNc1nc(NC(C)(C)C)nc(OC)n1.CCNc1nc(NC(C)(C)C)nc(OC)n1. The van der Waals surface area contributed by atoms with Gasteiger partial charge in [0.2, 0.25) is 23.8 Å². The fraction of sp³-hybridized carbons (Fsp3) is 0.700. The highest BCUT2D eigenvalue weighted by Crippen LogP contribution is 2.15. The van der Waals surface area contributed by atoms with Crippen LogP contribution in [-0.4, -0.2) is 68.3 Å². The molecule has 0 aliphatic rings. The maximum absolute atomic E-state index is 5.01. The summed E-state index contributed by atoms with van der Waals surface area (Å²) in [5.41, 5.74) is -0.203. The molecule has 0 bridgehead atoms. The molecular weight excluding hydrogens is 412 g/mol. The monoisotopic (exact) mass is 450 g/mol. The van der Waals surface area contributed by atoms with E-state index in [1.54, 1.807) is 0 Å². The number of methoxy groups -OCH3 is 2. The van der Waals surface area contributed by atoms with Crippen LogP contribution in [0.25, 0.3) is 0 Å². The number of nitrogens with one attached hydrogen (secondary N) is 4. The van der Waals surface area contributed by atoms with Crippen molar-refractivity contribution >= 4 is 23.8 Å². The summed E-state index contributed by atoms with van der Waals surface area (Å²) in [5.74, 6) is 2.05. The molecule has 0 saturated carbocycles. The van der Waals surface area contributed by atoms with Gasteiger partial charge in [0.05, 0.1) is 14.2 Å². The molecule has 0 aromatic carbocycles. The van der Waals surface area contributed by atoms with Crippen LogP contribution < -0.4 is 30.7 Å². The van der Waals surface area contributed by atoms with Crippen LogP contribution in [0.3, 0.4) is 0 Å². The van der Waals surface area contributed by atoms with E-state index in [2.05, 4.69) is 51.2 Å². The molecule has 0 amide bonds. The van der Waals surface area contributed by atoms with Crippen LogP contribution in [0, 0.1) is 0 Å². The minimum absolute atomic E-state index is 0.101. The van der Waals surface area contributed by atoms with E-state index in [4.69, 9.17) is 9.47 Å². The normalized spacial score (nSPS) is 11.1. The van der Waals surface area contributed by atoms with E-state index >= 15 is 0 Å². The largest absolute Gasteiger partial charge is 0.467 e. The number of aromatic nitrogens is 6. The lowest BCUT2D eigenvalue weighted by Gasteiger charge is -2.20. The summed E-state index contributed by atoms with van der Waals surface area (Å²) in [7, 11) is 3.07. The van der Waals surface area contributed by atoms with Crippen molar-refractivity contribution in [2.24, 2.45) is 0 Å². The maximum atomic E-state index is 5.01. The zero-order valence-electron chi connectivity index (χ0n) is 20.9. The molecule has 0 radical (unpaired) electrons. The Hall–Kier alpha value is -3.18. The van der Waals surface area contributed by atoms with E-state index < -0.39 is 0 Å². The first-order chi connectivity index (χ1) is 14.9. The van der Waals surface area contributed by atoms with Gasteiger partial charge in [-0.15, -0.1) is 0 Å². The quantitative estimate of drug-likeness (QED) is 0.469. The van der Waals surface area contributed by atoms with E-state index in [-0.39, 0.29) is 11.1 Å². The van der Waals surface area contributed by atoms with Gasteiger partial charge in [0, 0.05) is 24.2 Å². The number of rotatable bonds is 8. The average molecular weight is 451 g/mol. The molecule has 4 N–H and O–H groups in total. The highest BCUT2D eigenvalue weighted by Gasteiger charge is 2.14. The summed E-state index contributed by atoms with van der Waals surface area (Å²) in [6, 6.07) is 0.607. The molecule has 32 heavy (non-hydrogen) atoms. The molecule has 0 aliphatic heterocycles. The van der Waals surface area contributed by atoms with E-state index in [9.17, 15) is 0 Å². The summed E-state index contributed by atoms with van der Waals surface area (Å²) < 4.78 is 10.0. The summed E-state index contributed by atoms with van der Waals surface area (Å²) in [6.07, 6.45) is 0. The first-order valence-electron chi connectivity index (χ1n) is 10.5. The number of ether oxygens (including phenoxy) is 2. The second kappa shape index (κ2) is 12.0. The molecule has 2 aromatic rings. The molecule has 0 unspecified atom stereocenters. The van der Waals surface area contributed by atoms with Gasteiger partial charge in [-0.3, -0.25) is 0 Å². The standard InChI is InChI=1S/2C10H19N5O/c2*1-6-11-7-12-8(15-10(2,3)4)14-9(13-7)16-5/h2*6H2,1-5H3,(H2,11,12,13,14,15). The Bertz CT molecular complexity index is 765. The lowest BCUT2D eigenvalue weighted by Crippen LogP contribution is -2.27. The van der Waals surface area contributed by atoms with Gasteiger partial charge in [0.25, 0.3) is 0 Å². The van der Waals surface area contributed by atoms with E-state index in [0.29, 0.717) is 35.8 Å². The van der Waals surface area contributed by atoms with Crippen LogP contribution in [0.5, 0.6) is 12.0 Å². The van der Waals surface area contributed by atoms with Crippen LogP contribution in [0.4, 0.5) is 23.8 Å². The van der Waals surface area contributed by atoms with Gasteiger partial charge in [-0.2, -0.15) is 29.9 Å². The van der Waals surface area contributed by atoms with Gasteiger partial charge in [-0.05, 0) is 55.4 Å². The third-order valence-corrected chi connectivity index (χ3v) is 3.24. The van der Waals surface area contributed by atoms with Crippen molar-refractivity contribution in [1.29, 1.82) is 0 Å². The molecule has 0 aliphatic carbocycles. The van der Waals surface area contributed by atoms with E-state index in [1.165, 1.54) is 14.2 Å². The summed E-state index contributed by atoms with van der Waals surface area (Å²) in [5, 5.41) is 12.4. The number of hydrogen-bond donors (Lipinski definition) is 4. The minimum atomic E-state index is -0.101. The Morgan fingerprint density at radius 3 is 1.12 bits per heavy atom. The Kier molecular flexibility index (Phi) is 10.1. The first-order valence-corrected chi connectivity index (χ1v) is 10.5. The molecule has 0 spiro atoms. The second-order valence-electron chi connectivity index (χ2n) is 8.75. The van der Waals surface area contributed by atoms with Gasteiger partial charge in [0.1, 0.15) is 0 Å². The summed E-state index contributed by atoms with van der Waals surface area (Å²) in [6.45, 7) is 17.7. The number of hydrogen-bond acceptors (Lipinski definition) is 12. The van der Waals surface area contributed by atoms with Crippen LogP contribution in [0.2, 0.25) is 0 Å². The topological polar surface area (TPSA) is 144 Å². The molecule has 12 nitrogen and oxygen atoms in total. The van der Waals surface area contributed by atoms with E-state index in [1.807, 2.05) is 55.4 Å². The van der Waals surface area contributed by atoms with Gasteiger partial charge in [-0.25, -0.2) is 0 Å². The van der Waals surface area contributed by atoms with Crippen molar-refractivity contribution in [3.63, 3.8) is 0 Å². The van der Waals surface area contributed by atoms with Crippen molar-refractivity contribution in [2.75, 3.05) is 48.6 Å². The zero-order chi connectivity index (χ0) is 24.4. The van der Waals surface area contributed by atoms with Gasteiger partial charge in [-0.1, -0.05) is 0 Å². The number of nitrogens with zero attached hydrogens (tertiary/aromatic N) is 6. The predicted octanol–water partition coefficient (Wildman–Crippen LogP) is 3.04. The van der Waals surface area contributed by atoms with Crippen molar-refractivity contribution in [2.45, 2.75) is 66.5 Å². The summed E-state index contributed by atoms with van der Waals surface area (Å²) >= 11 is 0. The van der Waals surface area contributed by atoms with Gasteiger partial charge < -0.3 is 30.7 Å². The maximum Gasteiger partial charge on any atom is 0.322 e. The number of anilines is 4. The molecule has 180 valence electrons. The van der Waals surface area contributed by atoms with Crippen molar-refractivity contribution < 1.29 is 9.47 Å². The average Bonchev–Trinajstić information content (AvgIpc) is 2.66. The highest BCUT2D eigenvalue weighted by molar-refractivity contribution is 5.38. The van der Waals surface area contributed by atoms with E-state index in [0.717, 1.165) is 13.1 Å². The van der Waals surface area contributed by atoms with Crippen LogP contribution in [0.1, 0.15) is 55.4 Å². The third-order valence-electron chi connectivity index (χ3n) is 3.24. The van der Waals surface area contributed by atoms with Crippen LogP contribution in [-0.2, 0) is 0 Å². The van der Waals surface area contributed by atoms with Crippen molar-refractivity contribution in [3.05, 3.63) is 0 Å². The molecule has 0 atom stereocenters. The lowest BCUT2D eigenvalue weighted by atomic mass is 10.1. The lowest BCUT2D eigenvalue weighted by molar-refractivity contribution is 0.379. The fourth-order valence-electron chi connectivity index (χ4n) is 2.15. The Balaban J connectivity index is 0.000000320. The molecule has 2 heterocycles. The first kappa shape index (κ1) is 26.9. The van der Waals surface area contributed by atoms with Crippen molar-refractivity contribution in [1.82, 2.24) is 29.9 Å². The Morgan fingerprint density at radius 1 is 0.562 bits per heavy atom. The smallest absolute Gasteiger partial charge is 0.322 e. The van der Waals surface area contributed by atoms with Gasteiger partial charge >= 0.3 is 12.0 Å². The molecule has 2 aromatic heterocycles. The van der Waals surface area contributed by atoms with Crippen molar-refractivity contribution in [3.8, 4) is 12.0 Å². The molecule has 12 heteroatoms. The molecule has 0 saturated heterocycles. The highest BCUT2D eigenvalue weighted by atomic mass is 16.5. The fourth-order valence-corrected chi connectivity index (χ4v) is 2.15. The molecule has 2 rings (SSSR count). The van der Waals surface area contributed by atoms with Crippen LogP contribution in [0.15, 0.2) is 0 Å². The Labute approximate surface area is 190 Å². The molecular formula is C20H38N10O2. The third kappa shape index (κ3) is 10.7. The summed E-state index contributed by atoms with van der Waals surface area (Å²) in [4.78, 5) is 24.9. The van der Waals surface area contributed by atoms with Gasteiger partial charge in [0.15, 0.2) is 0 Å². The zero-order valence-corrected chi connectivity index (χ0v) is 20.9. The Morgan fingerprint density at radius 2 is 0.875 bits per heavy atom. The van der Waals surface area contributed by atoms with Crippen LogP contribution >= 0.6 is 0 Å². The second-order valence-corrected chi connectivity index (χ2v) is 8.75. The molecule has 0 fully saturated rings. The minimum Gasteiger partial charge on any atom is -0.467 e.